The van der Waals surface area contributed by atoms with Crippen LogP contribution >= 0.6 is 7.82 Å². The molecule has 1 aromatic heterocycles. The Labute approximate surface area is 93.9 Å². The van der Waals surface area contributed by atoms with Crippen LogP contribution in [-0.2, 0) is 9.09 Å². The van der Waals surface area contributed by atoms with Gasteiger partial charge in [0.2, 0.25) is 5.76 Å². The van der Waals surface area contributed by atoms with E-state index in [1.54, 1.807) is 0 Å². The number of carbonyl (C=O) groups is 1. The van der Waals surface area contributed by atoms with Crippen molar-refractivity contribution in [3.63, 3.8) is 0 Å². The van der Waals surface area contributed by atoms with E-state index in [0.717, 1.165) is 18.2 Å². The maximum absolute atomic E-state index is 12.8. The standard InChI is InChI=1S/C9H6FO6P/c10-6-1-2-7-5(3-6)4-8(15-7)9(11)16-17(12,13)14/h1-4H,(H2,12,13,14). The van der Waals surface area contributed by atoms with Gasteiger partial charge in [-0.25, -0.2) is 13.8 Å². The largest absolute Gasteiger partial charge is 0.527 e. The Balaban J connectivity index is 2.37. The predicted molar refractivity (Wildman–Crippen MR) is 53.6 cm³/mol. The fraction of sp³-hybridized carbons (Fsp3) is 0. The van der Waals surface area contributed by atoms with Gasteiger partial charge >= 0.3 is 13.8 Å². The lowest BCUT2D eigenvalue weighted by Gasteiger charge is -2.01. The van der Waals surface area contributed by atoms with Gasteiger partial charge in [0.1, 0.15) is 11.4 Å². The third-order valence-corrected chi connectivity index (χ3v) is 2.29. The van der Waals surface area contributed by atoms with E-state index in [-0.39, 0.29) is 5.58 Å². The third-order valence-electron chi connectivity index (χ3n) is 1.88. The van der Waals surface area contributed by atoms with E-state index in [1.165, 1.54) is 6.07 Å². The highest BCUT2D eigenvalue weighted by Crippen LogP contribution is 2.37. The molecule has 0 saturated carbocycles. The number of phosphoric ester groups is 1. The summed E-state index contributed by atoms with van der Waals surface area (Å²) in [4.78, 5) is 28.1. The lowest BCUT2D eigenvalue weighted by molar-refractivity contribution is 0.0646. The molecule has 0 aliphatic carbocycles. The predicted octanol–water partition coefficient (Wildman–Crippen LogP) is 1.82. The summed E-state index contributed by atoms with van der Waals surface area (Å²) in [5.41, 5.74) is 0.212. The molecule has 90 valence electrons. The van der Waals surface area contributed by atoms with Crippen molar-refractivity contribution >= 4 is 24.8 Å². The van der Waals surface area contributed by atoms with Crippen molar-refractivity contribution in [3.8, 4) is 0 Å². The summed E-state index contributed by atoms with van der Waals surface area (Å²) < 4.78 is 32.0. The van der Waals surface area contributed by atoms with Crippen LogP contribution in [0.2, 0.25) is 0 Å². The van der Waals surface area contributed by atoms with Crippen LogP contribution in [-0.4, -0.2) is 15.8 Å². The van der Waals surface area contributed by atoms with Crippen LogP contribution in [0.15, 0.2) is 28.7 Å². The van der Waals surface area contributed by atoms with Crippen molar-refractivity contribution in [2.75, 3.05) is 0 Å². The molecular formula is C9H6FO6P. The average molecular weight is 260 g/mol. The topological polar surface area (TPSA) is 97.0 Å². The van der Waals surface area contributed by atoms with Crippen molar-refractivity contribution in [3.05, 3.63) is 35.8 Å². The first-order valence-corrected chi connectivity index (χ1v) is 5.87. The van der Waals surface area contributed by atoms with Crippen LogP contribution in [0.5, 0.6) is 0 Å². The smallest absolute Gasteiger partial charge is 0.449 e. The second-order valence-electron chi connectivity index (χ2n) is 3.16. The Morgan fingerprint density at radius 3 is 2.71 bits per heavy atom. The monoisotopic (exact) mass is 260 g/mol. The summed E-state index contributed by atoms with van der Waals surface area (Å²) in [6, 6.07) is 4.67. The molecule has 0 amide bonds. The molecule has 0 aliphatic rings. The molecule has 0 aliphatic heterocycles. The lowest BCUT2D eigenvalue weighted by Crippen LogP contribution is -2.01. The van der Waals surface area contributed by atoms with Gasteiger partial charge in [0.15, 0.2) is 0 Å². The second-order valence-corrected chi connectivity index (χ2v) is 4.33. The summed E-state index contributed by atoms with van der Waals surface area (Å²) in [5.74, 6) is -2.24. The molecule has 0 fully saturated rings. The SMILES string of the molecule is O=C(OP(=O)(O)O)c1cc2cc(F)ccc2o1. The average Bonchev–Trinajstić information content (AvgIpc) is 2.57. The number of rotatable bonds is 2. The number of furan rings is 1. The van der Waals surface area contributed by atoms with Crippen molar-refractivity contribution in [1.82, 2.24) is 0 Å². The van der Waals surface area contributed by atoms with Crippen molar-refractivity contribution in [2.24, 2.45) is 0 Å². The number of carbonyl (C=O) groups excluding carboxylic acids is 1. The quantitative estimate of drug-likeness (QED) is 0.799. The summed E-state index contributed by atoms with van der Waals surface area (Å²) in [5, 5.41) is 0.294. The van der Waals surface area contributed by atoms with Crippen LogP contribution < -0.4 is 0 Å². The van der Waals surface area contributed by atoms with Crippen LogP contribution in [0.3, 0.4) is 0 Å². The minimum atomic E-state index is -4.92. The highest BCUT2D eigenvalue weighted by Gasteiger charge is 2.24. The molecule has 0 bridgehead atoms. The Morgan fingerprint density at radius 2 is 2.06 bits per heavy atom. The van der Waals surface area contributed by atoms with E-state index < -0.39 is 25.4 Å². The van der Waals surface area contributed by atoms with E-state index in [9.17, 15) is 13.8 Å². The van der Waals surface area contributed by atoms with Crippen LogP contribution in [0, 0.1) is 5.82 Å². The van der Waals surface area contributed by atoms with E-state index in [1.807, 2.05) is 0 Å². The molecule has 6 nitrogen and oxygen atoms in total. The highest BCUT2D eigenvalue weighted by molar-refractivity contribution is 7.46. The minimum Gasteiger partial charge on any atom is -0.449 e. The Kier molecular flexibility index (Phi) is 2.74. The van der Waals surface area contributed by atoms with Crippen LogP contribution in [0.25, 0.3) is 11.0 Å². The zero-order valence-electron chi connectivity index (χ0n) is 8.16. The highest BCUT2D eigenvalue weighted by atomic mass is 31.2. The number of phosphoric acid groups is 1. The van der Waals surface area contributed by atoms with Gasteiger partial charge in [0.05, 0.1) is 0 Å². The molecule has 0 atom stereocenters. The summed E-state index contributed by atoms with van der Waals surface area (Å²) in [6.07, 6.45) is 0. The summed E-state index contributed by atoms with van der Waals surface area (Å²) in [7, 11) is -4.92. The zero-order chi connectivity index (χ0) is 12.6. The van der Waals surface area contributed by atoms with E-state index in [2.05, 4.69) is 4.52 Å². The number of fused-ring (bicyclic) bond motifs is 1. The minimum absolute atomic E-state index is 0.212. The van der Waals surface area contributed by atoms with Crippen LogP contribution in [0.1, 0.15) is 10.6 Å². The van der Waals surface area contributed by atoms with Gasteiger partial charge in [-0.05, 0) is 24.3 Å². The van der Waals surface area contributed by atoms with E-state index in [4.69, 9.17) is 14.2 Å². The number of hydrogen-bond acceptors (Lipinski definition) is 4. The molecule has 2 aromatic rings. The molecule has 1 aromatic carbocycles. The van der Waals surface area contributed by atoms with Gasteiger partial charge in [-0.2, -0.15) is 0 Å². The third kappa shape index (κ3) is 2.71. The molecule has 0 saturated heterocycles. The van der Waals surface area contributed by atoms with Crippen molar-refractivity contribution < 1.29 is 32.5 Å². The van der Waals surface area contributed by atoms with E-state index >= 15 is 0 Å². The fourth-order valence-electron chi connectivity index (χ4n) is 1.27. The maximum atomic E-state index is 12.8. The molecule has 2 rings (SSSR count). The van der Waals surface area contributed by atoms with Gasteiger partial charge in [0.25, 0.3) is 0 Å². The zero-order valence-corrected chi connectivity index (χ0v) is 9.06. The molecular weight excluding hydrogens is 254 g/mol. The molecule has 0 spiro atoms. The number of halogens is 1. The van der Waals surface area contributed by atoms with E-state index in [0.29, 0.717) is 5.39 Å². The Hall–Kier alpha value is -1.69. The molecule has 1 heterocycles. The molecule has 0 radical (unpaired) electrons. The van der Waals surface area contributed by atoms with Gasteiger partial charge in [-0.1, -0.05) is 0 Å². The molecule has 0 unspecified atom stereocenters. The Morgan fingerprint density at radius 1 is 1.35 bits per heavy atom. The first kappa shape index (κ1) is 11.8. The van der Waals surface area contributed by atoms with Gasteiger partial charge in [-0.15, -0.1) is 0 Å². The van der Waals surface area contributed by atoms with Gasteiger partial charge in [-0.3, -0.25) is 9.79 Å². The summed E-state index contributed by atoms with van der Waals surface area (Å²) in [6.45, 7) is 0. The fourth-order valence-corrected chi connectivity index (χ4v) is 1.57. The lowest BCUT2D eigenvalue weighted by atomic mass is 10.2. The molecule has 2 N–H and O–H groups in total. The maximum Gasteiger partial charge on any atom is 0.527 e. The van der Waals surface area contributed by atoms with Crippen molar-refractivity contribution in [1.29, 1.82) is 0 Å². The Bertz CT molecular complexity index is 627. The van der Waals surface area contributed by atoms with Crippen molar-refractivity contribution in [2.45, 2.75) is 0 Å². The first-order valence-electron chi connectivity index (χ1n) is 4.34. The molecule has 17 heavy (non-hydrogen) atoms. The normalized spacial score (nSPS) is 11.7. The number of benzene rings is 1. The van der Waals surface area contributed by atoms with Gasteiger partial charge < -0.3 is 8.94 Å². The van der Waals surface area contributed by atoms with Crippen LogP contribution in [0.4, 0.5) is 4.39 Å². The van der Waals surface area contributed by atoms with Gasteiger partial charge in [0, 0.05) is 5.39 Å². The number of hydrogen-bond donors (Lipinski definition) is 2. The summed E-state index contributed by atoms with van der Waals surface area (Å²) >= 11 is 0. The first-order chi connectivity index (χ1) is 7.85. The second kappa shape index (κ2) is 3.96. The molecule has 8 heteroatoms.